The fraction of sp³-hybridized carbons (Fsp3) is 0.333. The summed E-state index contributed by atoms with van der Waals surface area (Å²) < 4.78 is 1.71. The molecule has 98 valence electrons. The van der Waals surface area contributed by atoms with Crippen molar-refractivity contribution in [2.24, 2.45) is 0 Å². The van der Waals surface area contributed by atoms with E-state index in [1.54, 1.807) is 4.63 Å². The number of benzene rings is 1. The van der Waals surface area contributed by atoms with E-state index in [4.69, 9.17) is 0 Å². The van der Waals surface area contributed by atoms with Gasteiger partial charge in [-0.1, -0.05) is 51.1 Å². The third-order valence-corrected chi connectivity index (χ3v) is 3.29. The van der Waals surface area contributed by atoms with E-state index < -0.39 is 0 Å². The number of aryl methyl sites for hydroxylation is 1. The lowest BCUT2D eigenvalue weighted by Gasteiger charge is -2.15. The molecule has 4 nitrogen and oxygen atoms in total. The smallest absolute Gasteiger partial charge is 0.161 e. The molecule has 0 unspecified atom stereocenters. The molecule has 0 spiro atoms. The highest BCUT2D eigenvalue weighted by atomic mass is 15.5. The second-order valence-electron chi connectivity index (χ2n) is 5.90. The van der Waals surface area contributed by atoms with Gasteiger partial charge in [0.2, 0.25) is 0 Å². The summed E-state index contributed by atoms with van der Waals surface area (Å²) in [5.74, 6) is 0.853. The molecule has 0 amide bonds. The van der Waals surface area contributed by atoms with Crippen molar-refractivity contribution in [3.05, 3.63) is 41.6 Å². The molecular weight excluding hydrogens is 236 g/mol. The highest BCUT2D eigenvalue weighted by molar-refractivity contribution is 5.60. The number of hydrogen-bond acceptors (Lipinski definition) is 2. The van der Waals surface area contributed by atoms with Gasteiger partial charge in [-0.05, 0) is 6.92 Å². The Bertz CT molecular complexity index is 714. The van der Waals surface area contributed by atoms with E-state index in [0.29, 0.717) is 0 Å². The van der Waals surface area contributed by atoms with Gasteiger partial charge in [-0.15, -0.1) is 9.73 Å². The normalized spacial score (nSPS) is 12.2. The van der Waals surface area contributed by atoms with Crippen molar-refractivity contribution in [1.82, 2.24) is 19.8 Å². The predicted molar refractivity (Wildman–Crippen MR) is 76.2 cm³/mol. The Morgan fingerprint density at radius 3 is 2.32 bits per heavy atom. The molecule has 1 aromatic carbocycles. The number of H-pyrrole nitrogens is 1. The number of aromatic amines is 1. The van der Waals surface area contributed by atoms with Crippen molar-refractivity contribution >= 4 is 5.65 Å². The molecule has 2 heterocycles. The molecule has 3 rings (SSSR count). The van der Waals surface area contributed by atoms with Gasteiger partial charge in [-0.2, -0.15) is 5.10 Å². The molecule has 0 aliphatic rings. The maximum absolute atomic E-state index is 4.60. The van der Waals surface area contributed by atoms with Crippen molar-refractivity contribution in [2.75, 3.05) is 0 Å². The maximum atomic E-state index is 4.60. The molecule has 3 aromatic rings. The van der Waals surface area contributed by atoms with Crippen LogP contribution in [0, 0.1) is 6.92 Å². The number of fused-ring (bicyclic) bond motifs is 1. The largest absolute Gasteiger partial charge is 0.321 e. The Morgan fingerprint density at radius 1 is 1.05 bits per heavy atom. The van der Waals surface area contributed by atoms with E-state index in [9.17, 15) is 0 Å². The van der Waals surface area contributed by atoms with Crippen LogP contribution in [-0.4, -0.2) is 19.8 Å². The summed E-state index contributed by atoms with van der Waals surface area (Å²) in [7, 11) is 0. The van der Waals surface area contributed by atoms with E-state index in [-0.39, 0.29) is 5.41 Å². The van der Waals surface area contributed by atoms with Gasteiger partial charge in [0.25, 0.3) is 0 Å². The summed E-state index contributed by atoms with van der Waals surface area (Å²) in [5, 5.41) is 9.13. The maximum Gasteiger partial charge on any atom is 0.161 e. The first-order valence-electron chi connectivity index (χ1n) is 6.48. The van der Waals surface area contributed by atoms with Crippen molar-refractivity contribution in [3.63, 3.8) is 0 Å². The van der Waals surface area contributed by atoms with Gasteiger partial charge in [0.1, 0.15) is 0 Å². The van der Waals surface area contributed by atoms with Crippen LogP contribution in [0.15, 0.2) is 30.3 Å². The summed E-state index contributed by atoms with van der Waals surface area (Å²) in [5.41, 5.74) is 4.34. The minimum absolute atomic E-state index is 0.0333. The van der Waals surface area contributed by atoms with Gasteiger partial charge < -0.3 is 4.98 Å². The SMILES string of the molecule is Cc1c(C(C)(C)C)nn2nc(-c3ccccc3)[nH]c12. The molecule has 1 N–H and O–H groups in total. The lowest BCUT2D eigenvalue weighted by atomic mass is 9.90. The topological polar surface area (TPSA) is 46.0 Å². The number of nitrogens with one attached hydrogen (secondary N) is 1. The molecular formula is C15H18N4. The van der Waals surface area contributed by atoms with E-state index in [0.717, 1.165) is 22.7 Å². The van der Waals surface area contributed by atoms with E-state index >= 15 is 0 Å². The fourth-order valence-corrected chi connectivity index (χ4v) is 2.37. The van der Waals surface area contributed by atoms with Crippen LogP contribution in [0.25, 0.3) is 17.0 Å². The molecule has 0 atom stereocenters. The standard InChI is InChI=1S/C15H18N4/c1-10-12(15(2,3)4)17-19-14(10)16-13(18-19)11-8-6-5-7-9-11/h5-9H,1-4H3,(H,16,18). The van der Waals surface area contributed by atoms with Crippen LogP contribution in [0.2, 0.25) is 0 Å². The Labute approximate surface area is 112 Å². The van der Waals surface area contributed by atoms with Gasteiger partial charge in [0.15, 0.2) is 11.5 Å². The predicted octanol–water partition coefficient (Wildman–Crippen LogP) is 3.33. The van der Waals surface area contributed by atoms with E-state index in [1.807, 2.05) is 30.3 Å². The zero-order valence-corrected chi connectivity index (χ0v) is 11.7. The monoisotopic (exact) mass is 254 g/mol. The van der Waals surface area contributed by atoms with Crippen molar-refractivity contribution < 1.29 is 0 Å². The fourth-order valence-electron chi connectivity index (χ4n) is 2.37. The second kappa shape index (κ2) is 3.95. The molecule has 0 saturated carbocycles. The highest BCUT2D eigenvalue weighted by Gasteiger charge is 2.23. The molecule has 2 aromatic heterocycles. The average Bonchev–Trinajstić information content (AvgIpc) is 2.90. The molecule has 0 aliphatic heterocycles. The molecule has 0 aliphatic carbocycles. The zero-order valence-electron chi connectivity index (χ0n) is 11.7. The third kappa shape index (κ3) is 1.93. The summed E-state index contributed by atoms with van der Waals surface area (Å²) in [6.07, 6.45) is 0. The lowest BCUT2D eigenvalue weighted by Crippen LogP contribution is -2.13. The molecule has 0 saturated heterocycles. The number of hydrogen-bond donors (Lipinski definition) is 1. The van der Waals surface area contributed by atoms with Crippen LogP contribution in [0.5, 0.6) is 0 Å². The Balaban J connectivity index is 2.15. The zero-order chi connectivity index (χ0) is 13.6. The van der Waals surface area contributed by atoms with Crippen molar-refractivity contribution in [3.8, 4) is 11.4 Å². The summed E-state index contributed by atoms with van der Waals surface area (Å²) in [6, 6.07) is 10.1. The van der Waals surface area contributed by atoms with E-state index in [2.05, 4.69) is 42.9 Å². The first kappa shape index (κ1) is 12.0. The van der Waals surface area contributed by atoms with Gasteiger partial charge in [-0.3, -0.25) is 0 Å². The first-order chi connectivity index (χ1) is 8.97. The minimum Gasteiger partial charge on any atom is -0.321 e. The van der Waals surface area contributed by atoms with E-state index in [1.165, 1.54) is 5.56 Å². The van der Waals surface area contributed by atoms with Gasteiger partial charge in [0, 0.05) is 16.5 Å². The molecule has 19 heavy (non-hydrogen) atoms. The highest BCUT2D eigenvalue weighted by Crippen LogP contribution is 2.27. The third-order valence-electron chi connectivity index (χ3n) is 3.29. The Kier molecular flexibility index (Phi) is 2.49. The Morgan fingerprint density at radius 2 is 1.74 bits per heavy atom. The molecule has 0 radical (unpaired) electrons. The molecule has 0 fully saturated rings. The summed E-state index contributed by atoms with van der Waals surface area (Å²) >= 11 is 0. The molecule has 4 heteroatoms. The first-order valence-corrected chi connectivity index (χ1v) is 6.48. The van der Waals surface area contributed by atoms with Crippen molar-refractivity contribution in [1.29, 1.82) is 0 Å². The lowest BCUT2D eigenvalue weighted by molar-refractivity contribution is 0.554. The second-order valence-corrected chi connectivity index (χ2v) is 5.90. The van der Waals surface area contributed by atoms with Crippen LogP contribution >= 0.6 is 0 Å². The van der Waals surface area contributed by atoms with Gasteiger partial charge in [0.05, 0.1) is 5.69 Å². The van der Waals surface area contributed by atoms with Crippen LogP contribution in [0.3, 0.4) is 0 Å². The number of nitrogens with zero attached hydrogens (tertiary/aromatic N) is 3. The van der Waals surface area contributed by atoms with Crippen LogP contribution in [0.1, 0.15) is 32.0 Å². The van der Waals surface area contributed by atoms with Gasteiger partial charge in [-0.25, -0.2) is 0 Å². The average molecular weight is 254 g/mol. The molecule has 0 bridgehead atoms. The van der Waals surface area contributed by atoms with Crippen LogP contribution < -0.4 is 0 Å². The quantitative estimate of drug-likeness (QED) is 0.724. The van der Waals surface area contributed by atoms with Crippen LogP contribution in [0.4, 0.5) is 0 Å². The summed E-state index contributed by atoms with van der Waals surface area (Å²) in [6.45, 7) is 8.59. The minimum atomic E-state index is 0.0333. The number of aromatic nitrogens is 4. The van der Waals surface area contributed by atoms with Crippen LogP contribution in [-0.2, 0) is 5.41 Å². The van der Waals surface area contributed by atoms with Gasteiger partial charge >= 0.3 is 0 Å². The van der Waals surface area contributed by atoms with Crippen molar-refractivity contribution in [2.45, 2.75) is 33.1 Å². The number of rotatable bonds is 1. The Hall–Kier alpha value is -2.10. The summed E-state index contributed by atoms with van der Waals surface area (Å²) in [4.78, 5) is 3.36.